The molecular formula is C13H14O4. The third kappa shape index (κ3) is 5.06. The Bertz CT molecular complexity index is 409. The van der Waals surface area contributed by atoms with Crippen LogP contribution in [-0.4, -0.2) is 24.6 Å². The highest BCUT2D eigenvalue weighted by atomic mass is 16.5. The molecule has 1 rings (SSSR count). The second-order valence-electron chi connectivity index (χ2n) is 3.67. The summed E-state index contributed by atoms with van der Waals surface area (Å²) in [5, 5.41) is 0. The lowest BCUT2D eigenvalue weighted by Crippen LogP contribution is -2.14. The maximum atomic E-state index is 11.5. The first kappa shape index (κ1) is 13.1. The molecule has 0 aromatic heterocycles. The number of hydrogen-bond donors (Lipinski definition) is 0. The number of esters is 1. The average molecular weight is 234 g/mol. The molecular weight excluding hydrogens is 220 g/mol. The van der Waals surface area contributed by atoms with E-state index in [1.807, 2.05) is 30.3 Å². The van der Waals surface area contributed by atoms with Crippen molar-refractivity contribution in [3.8, 4) is 0 Å². The van der Waals surface area contributed by atoms with Crippen molar-refractivity contribution in [2.45, 2.75) is 19.3 Å². The van der Waals surface area contributed by atoms with E-state index in [0.29, 0.717) is 0 Å². The van der Waals surface area contributed by atoms with Gasteiger partial charge in [-0.3, -0.25) is 14.4 Å². The molecule has 1 aromatic carbocycles. The second-order valence-corrected chi connectivity index (χ2v) is 3.67. The van der Waals surface area contributed by atoms with E-state index in [9.17, 15) is 14.4 Å². The fourth-order valence-corrected chi connectivity index (χ4v) is 1.40. The number of rotatable bonds is 6. The SMILES string of the molecule is COC(=O)CC(=O)CC(=O)Cc1ccccc1. The number of ether oxygens (including phenoxy) is 1. The fourth-order valence-electron chi connectivity index (χ4n) is 1.40. The van der Waals surface area contributed by atoms with Crippen LogP contribution >= 0.6 is 0 Å². The van der Waals surface area contributed by atoms with Gasteiger partial charge >= 0.3 is 5.97 Å². The summed E-state index contributed by atoms with van der Waals surface area (Å²) in [5.74, 6) is -1.20. The van der Waals surface area contributed by atoms with E-state index in [-0.39, 0.29) is 25.0 Å². The van der Waals surface area contributed by atoms with Gasteiger partial charge in [0.1, 0.15) is 12.2 Å². The van der Waals surface area contributed by atoms with Crippen LogP contribution < -0.4 is 0 Å². The molecule has 0 N–H and O–H groups in total. The average Bonchev–Trinajstić information content (AvgIpc) is 2.29. The number of Topliss-reactive ketones (excluding diaryl/α,β-unsaturated/α-hetero) is 2. The number of benzene rings is 1. The van der Waals surface area contributed by atoms with Crippen molar-refractivity contribution >= 4 is 17.5 Å². The largest absolute Gasteiger partial charge is 0.469 e. The number of hydrogen-bond acceptors (Lipinski definition) is 4. The van der Waals surface area contributed by atoms with Gasteiger partial charge in [-0.1, -0.05) is 30.3 Å². The highest BCUT2D eigenvalue weighted by Gasteiger charge is 2.14. The zero-order valence-electron chi connectivity index (χ0n) is 9.64. The first-order valence-electron chi connectivity index (χ1n) is 5.26. The van der Waals surface area contributed by atoms with Crippen LogP contribution in [0, 0.1) is 0 Å². The van der Waals surface area contributed by atoms with Gasteiger partial charge in [-0.25, -0.2) is 0 Å². The Kier molecular flexibility index (Phi) is 5.07. The summed E-state index contributed by atoms with van der Waals surface area (Å²) in [6.07, 6.45) is -0.339. The third-order valence-electron chi connectivity index (χ3n) is 2.21. The normalized spacial score (nSPS) is 9.71. The molecule has 17 heavy (non-hydrogen) atoms. The Labute approximate surface area is 99.6 Å². The smallest absolute Gasteiger partial charge is 0.313 e. The highest BCUT2D eigenvalue weighted by Crippen LogP contribution is 2.03. The van der Waals surface area contributed by atoms with Crippen LogP contribution in [0.3, 0.4) is 0 Å². The summed E-state index contributed by atoms with van der Waals surface area (Å²) in [7, 11) is 1.21. The Hall–Kier alpha value is -1.97. The molecule has 0 unspecified atom stereocenters. The monoisotopic (exact) mass is 234 g/mol. The van der Waals surface area contributed by atoms with Gasteiger partial charge in [0, 0.05) is 6.42 Å². The summed E-state index contributed by atoms with van der Waals surface area (Å²) in [6.45, 7) is 0. The van der Waals surface area contributed by atoms with Crippen molar-refractivity contribution in [3.63, 3.8) is 0 Å². The minimum Gasteiger partial charge on any atom is -0.469 e. The van der Waals surface area contributed by atoms with E-state index in [4.69, 9.17) is 0 Å². The van der Waals surface area contributed by atoms with Crippen molar-refractivity contribution in [1.29, 1.82) is 0 Å². The minimum atomic E-state index is -0.609. The summed E-state index contributed by atoms with van der Waals surface area (Å²) in [5.41, 5.74) is 0.864. The van der Waals surface area contributed by atoms with Gasteiger partial charge in [0.25, 0.3) is 0 Å². The van der Waals surface area contributed by atoms with Crippen LogP contribution in [0.15, 0.2) is 30.3 Å². The molecule has 0 amide bonds. The van der Waals surface area contributed by atoms with E-state index < -0.39 is 11.8 Å². The number of carbonyl (C=O) groups excluding carboxylic acids is 3. The number of carbonyl (C=O) groups is 3. The zero-order chi connectivity index (χ0) is 12.7. The predicted molar refractivity (Wildman–Crippen MR) is 61.4 cm³/mol. The molecule has 0 aliphatic rings. The van der Waals surface area contributed by atoms with Crippen LogP contribution in [0.25, 0.3) is 0 Å². The molecule has 0 radical (unpaired) electrons. The topological polar surface area (TPSA) is 60.4 Å². The van der Waals surface area contributed by atoms with E-state index >= 15 is 0 Å². The Balaban J connectivity index is 2.40. The van der Waals surface area contributed by atoms with Gasteiger partial charge in [0.15, 0.2) is 5.78 Å². The van der Waals surface area contributed by atoms with E-state index in [1.165, 1.54) is 7.11 Å². The summed E-state index contributed by atoms with van der Waals surface area (Å²) in [6, 6.07) is 9.17. The Morgan fingerprint density at radius 2 is 1.65 bits per heavy atom. The fraction of sp³-hybridized carbons (Fsp3) is 0.308. The first-order valence-corrected chi connectivity index (χ1v) is 5.26. The van der Waals surface area contributed by atoms with Crippen LogP contribution in [0.5, 0.6) is 0 Å². The summed E-state index contributed by atoms with van der Waals surface area (Å²) >= 11 is 0. The standard InChI is InChI=1S/C13H14O4/c1-17-13(16)9-12(15)8-11(14)7-10-5-3-2-4-6-10/h2-6H,7-9H2,1H3. The molecule has 4 nitrogen and oxygen atoms in total. The lowest BCUT2D eigenvalue weighted by atomic mass is 10.0. The third-order valence-corrected chi connectivity index (χ3v) is 2.21. The predicted octanol–water partition coefficient (Wildman–Crippen LogP) is 1.32. The Morgan fingerprint density at radius 3 is 2.24 bits per heavy atom. The quantitative estimate of drug-likeness (QED) is 0.550. The van der Waals surface area contributed by atoms with Gasteiger partial charge in [-0.05, 0) is 5.56 Å². The van der Waals surface area contributed by atoms with Gasteiger partial charge < -0.3 is 4.74 Å². The van der Waals surface area contributed by atoms with Crippen molar-refractivity contribution < 1.29 is 19.1 Å². The summed E-state index contributed by atoms with van der Waals surface area (Å²) in [4.78, 5) is 33.6. The van der Waals surface area contributed by atoms with Gasteiger partial charge in [-0.15, -0.1) is 0 Å². The molecule has 0 fully saturated rings. The van der Waals surface area contributed by atoms with E-state index in [0.717, 1.165) is 5.56 Å². The highest BCUT2D eigenvalue weighted by molar-refractivity contribution is 6.05. The molecule has 0 atom stereocenters. The van der Waals surface area contributed by atoms with Crippen molar-refractivity contribution in [1.82, 2.24) is 0 Å². The van der Waals surface area contributed by atoms with Gasteiger partial charge in [0.2, 0.25) is 0 Å². The van der Waals surface area contributed by atoms with Gasteiger partial charge in [0.05, 0.1) is 13.5 Å². The van der Waals surface area contributed by atoms with E-state index in [1.54, 1.807) is 0 Å². The molecule has 90 valence electrons. The molecule has 1 aromatic rings. The minimum absolute atomic E-state index is 0.190. The first-order chi connectivity index (χ1) is 8.11. The molecule has 0 spiro atoms. The maximum Gasteiger partial charge on any atom is 0.313 e. The van der Waals surface area contributed by atoms with Crippen molar-refractivity contribution in [2.24, 2.45) is 0 Å². The van der Waals surface area contributed by atoms with E-state index in [2.05, 4.69) is 4.74 Å². The molecule has 0 bridgehead atoms. The zero-order valence-corrected chi connectivity index (χ0v) is 9.64. The molecule has 4 heteroatoms. The number of methoxy groups -OCH3 is 1. The second kappa shape index (κ2) is 6.58. The molecule has 0 heterocycles. The molecule has 0 aliphatic carbocycles. The Morgan fingerprint density at radius 1 is 1.00 bits per heavy atom. The molecule has 0 aliphatic heterocycles. The van der Waals surface area contributed by atoms with Crippen LogP contribution in [0.2, 0.25) is 0 Å². The lowest BCUT2D eigenvalue weighted by Gasteiger charge is -2.00. The van der Waals surface area contributed by atoms with Crippen LogP contribution in [-0.2, 0) is 25.5 Å². The van der Waals surface area contributed by atoms with Gasteiger partial charge in [-0.2, -0.15) is 0 Å². The summed E-state index contributed by atoms with van der Waals surface area (Å²) < 4.78 is 4.35. The van der Waals surface area contributed by atoms with Crippen LogP contribution in [0.4, 0.5) is 0 Å². The number of ketones is 2. The maximum absolute atomic E-state index is 11.5. The van der Waals surface area contributed by atoms with Crippen molar-refractivity contribution in [2.75, 3.05) is 7.11 Å². The van der Waals surface area contributed by atoms with Crippen molar-refractivity contribution in [3.05, 3.63) is 35.9 Å². The lowest BCUT2D eigenvalue weighted by molar-refractivity contribution is -0.143. The molecule has 0 saturated heterocycles. The molecule has 0 saturated carbocycles. The van der Waals surface area contributed by atoms with Crippen LogP contribution in [0.1, 0.15) is 18.4 Å².